The number of carbonyl (C=O) groups excluding carboxylic acids is 1. The Morgan fingerprint density at radius 2 is 1.92 bits per heavy atom. The van der Waals surface area contributed by atoms with Crippen LogP contribution < -0.4 is 9.64 Å². The summed E-state index contributed by atoms with van der Waals surface area (Å²) in [5.74, 6) is 0.359. The van der Waals surface area contributed by atoms with Crippen molar-refractivity contribution < 1.29 is 9.53 Å². The second-order valence-corrected chi connectivity index (χ2v) is 6.99. The number of esters is 1. The molecule has 1 aliphatic heterocycles. The van der Waals surface area contributed by atoms with Crippen LogP contribution in [0.3, 0.4) is 0 Å². The Kier molecular flexibility index (Phi) is 4.17. The van der Waals surface area contributed by atoms with E-state index in [1.165, 1.54) is 4.70 Å². The average Bonchev–Trinajstić information content (AvgIpc) is 3.07. The molecule has 2 aromatic carbocycles. The van der Waals surface area contributed by atoms with Crippen molar-refractivity contribution in [3.05, 3.63) is 54.6 Å². The molecule has 0 radical (unpaired) electrons. The van der Waals surface area contributed by atoms with Gasteiger partial charge in [0.15, 0.2) is 5.13 Å². The van der Waals surface area contributed by atoms with Gasteiger partial charge in [-0.25, -0.2) is 4.98 Å². The van der Waals surface area contributed by atoms with Gasteiger partial charge in [0.05, 0.1) is 16.1 Å². The summed E-state index contributed by atoms with van der Waals surface area (Å²) in [5, 5.41) is 0.994. The van der Waals surface area contributed by atoms with E-state index in [9.17, 15) is 4.79 Å². The predicted octanol–water partition coefficient (Wildman–Crippen LogP) is 4.12. The molecule has 1 unspecified atom stereocenters. The quantitative estimate of drug-likeness (QED) is 0.532. The molecule has 0 N–H and O–H groups in total. The molecular weight excluding hydrogens is 320 g/mol. The summed E-state index contributed by atoms with van der Waals surface area (Å²) in [4.78, 5) is 19.4. The van der Waals surface area contributed by atoms with E-state index < -0.39 is 0 Å². The molecule has 1 fully saturated rings. The van der Waals surface area contributed by atoms with E-state index in [0.717, 1.165) is 30.0 Å². The number of thiazole rings is 1. The zero-order chi connectivity index (χ0) is 16.4. The first-order chi connectivity index (χ1) is 11.8. The molecule has 24 heavy (non-hydrogen) atoms. The van der Waals surface area contributed by atoms with Gasteiger partial charge < -0.3 is 9.64 Å². The van der Waals surface area contributed by atoms with Gasteiger partial charge in [-0.15, -0.1) is 0 Å². The lowest BCUT2D eigenvalue weighted by Crippen LogP contribution is -2.40. The molecule has 1 atom stereocenters. The molecule has 122 valence electrons. The van der Waals surface area contributed by atoms with Crippen molar-refractivity contribution in [3.63, 3.8) is 0 Å². The van der Waals surface area contributed by atoms with Gasteiger partial charge in [0.1, 0.15) is 5.75 Å². The standard InChI is InChI=1S/C19H18N2O2S/c22-18(23-15-8-2-1-3-9-15)14-7-6-12-21(13-14)19-20-16-10-4-5-11-17(16)24-19/h1-5,8-11,14H,6-7,12-13H2. The third-order valence-corrected chi connectivity index (χ3v) is 5.37. The van der Waals surface area contributed by atoms with Gasteiger partial charge >= 0.3 is 5.97 Å². The number of ether oxygens (including phenoxy) is 1. The number of carbonyl (C=O) groups is 1. The van der Waals surface area contributed by atoms with E-state index >= 15 is 0 Å². The molecule has 4 nitrogen and oxygen atoms in total. The lowest BCUT2D eigenvalue weighted by Gasteiger charge is -2.31. The van der Waals surface area contributed by atoms with Crippen molar-refractivity contribution in [2.24, 2.45) is 5.92 Å². The minimum absolute atomic E-state index is 0.106. The second kappa shape index (κ2) is 6.61. The zero-order valence-electron chi connectivity index (χ0n) is 13.2. The molecule has 0 aliphatic carbocycles. The maximum Gasteiger partial charge on any atom is 0.316 e. The van der Waals surface area contributed by atoms with Crippen LogP contribution in [0.4, 0.5) is 5.13 Å². The van der Waals surface area contributed by atoms with E-state index in [1.54, 1.807) is 11.3 Å². The molecule has 0 spiro atoms. The highest BCUT2D eigenvalue weighted by Gasteiger charge is 2.28. The van der Waals surface area contributed by atoms with E-state index in [2.05, 4.69) is 11.0 Å². The minimum Gasteiger partial charge on any atom is -0.426 e. The number of anilines is 1. The molecule has 0 bridgehead atoms. The summed E-state index contributed by atoms with van der Waals surface area (Å²) in [6.45, 7) is 1.61. The molecule has 0 saturated carbocycles. The average molecular weight is 338 g/mol. The van der Waals surface area contributed by atoms with Gasteiger partial charge in [-0.05, 0) is 37.1 Å². The highest BCUT2D eigenvalue weighted by molar-refractivity contribution is 7.22. The third-order valence-electron chi connectivity index (χ3n) is 4.27. The van der Waals surface area contributed by atoms with E-state index in [0.29, 0.717) is 12.3 Å². The van der Waals surface area contributed by atoms with Crippen molar-refractivity contribution >= 4 is 32.7 Å². The van der Waals surface area contributed by atoms with Crippen LogP contribution in [0.5, 0.6) is 5.75 Å². The number of aromatic nitrogens is 1. The Morgan fingerprint density at radius 1 is 1.12 bits per heavy atom. The summed E-state index contributed by atoms with van der Waals surface area (Å²) >= 11 is 1.68. The number of hydrogen-bond donors (Lipinski definition) is 0. The molecule has 1 aromatic heterocycles. The third kappa shape index (κ3) is 3.12. The SMILES string of the molecule is O=C(Oc1ccccc1)C1CCCN(c2nc3ccccc3s2)C1. The zero-order valence-corrected chi connectivity index (χ0v) is 14.0. The Balaban J connectivity index is 1.48. The van der Waals surface area contributed by atoms with Crippen molar-refractivity contribution in [2.75, 3.05) is 18.0 Å². The summed E-state index contributed by atoms with van der Waals surface area (Å²) in [6, 6.07) is 17.4. The number of fused-ring (bicyclic) bond motifs is 1. The van der Waals surface area contributed by atoms with Crippen LogP contribution in [0.2, 0.25) is 0 Å². The molecule has 0 amide bonds. The summed E-state index contributed by atoms with van der Waals surface area (Å²) < 4.78 is 6.70. The van der Waals surface area contributed by atoms with Crippen molar-refractivity contribution in [3.8, 4) is 5.75 Å². The van der Waals surface area contributed by atoms with Crippen LogP contribution >= 0.6 is 11.3 Å². The number of nitrogens with zero attached hydrogens (tertiary/aromatic N) is 2. The predicted molar refractivity (Wildman–Crippen MR) is 96.6 cm³/mol. The maximum absolute atomic E-state index is 12.5. The van der Waals surface area contributed by atoms with Crippen LogP contribution in [0, 0.1) is 5.92 Å². The van der Waals surface area contributed by atoms with Crippen LogP contribution in [0.15, 0.2) is 54.6 Å². The number of piperidine rings is 1. The summed E-state index contributed by atoms with van der Waals surface area (Å²) in [6.07, 6.45) is 1.84. The van der Waals surface area contributed by atoms with Gasteiger partial charge in [0.2, 0.25) is 0 Å². The van der Waals surface area contributed by atoms with E-state index in [-0.39, 0.29) is 11.9 Å². The Bertz CT molecular complexity index is 814. The molecule has 2 heterocycles. The summed E-state index contributed by atoms with van der Waals surface area (Å²) in [5.41, 5.74) is 1.02. The first-order valence-electron chi connectivity index (χ1n) is 8.17. The van der Waals surface area contributed by atoms with E-state index in [4.69, 9.17) is 9.72 Å². The van der Waals surface area contributed by atoms with Crippen LogP contribution in [0.1, 0.15) is 12.8 Å². The lowest BCUT2D eigenvalue weighted by atomic mass is 9.99. The van der Waals surface area contributed by atoms with Gasteiger partial charge in [-0.2, -0.15) is 0 Å². The number of benzene rings is 2. The monoisotopic (exact) mass is 338 g/mol. The topological polar surface area (TPSA) is 42.4 Å². The molecule has 1 aliphatic rings. The molecular formula is C19H18N2O2S. The smallest absolute Gasteiger partial charge is 0.316 e. The van der Waals surface area contributed by atoms with Gasteiger partial charge in [-0.3, -0.25) is 4.79 Å². The molecule has 4 rings (SSSR count). The fourth-order valence-corrected chi connectivity index (χ4v) is 4.03. The van der Waals surface area contributed by atoms with Crippen LogP contribution in [-0.2, 0) is 4.79 Å². The lowest BCUT2D eigenvalue weighted by molar-refractivity contribution is -0.139. The Hall–Kier alpha value is -2.40. The van der Waals surface area contributed by atoms with Gasteiger partial charge in [-0.1, -0.05) is 41.7 Å². The van der Waals surface area contributed by atoms with Gasteiger partial charge in [0.25, 0.3) is 0 Å². The fourth-order valence-electron chi connectivity index (χ4n) is 3.03. The second-order valence-electron chi connectivity index (χ2n) is 5.98. The first kappa shape index (κ1) is 15.1. The van der Waals surface area contributed by atoms with Gasteiger partial charge in [0, 0.05) is 13.1 Å². The maximum atomic E-state index is 12.5. The van der Waals surface area contributed by atoms with Crippen LogP contribution in [-0.4, -0.2) is 24.0 Å². The van der Waals surface area contributed by atoms with Crippen molar-refractivity contribution in [1.29, 1.82) is 0 Å². The van der Waals surface area contributed by atoms with Crippen molar-refractivity contribution in [1.82, 2.24) is 4.98 Å². The Labute approximate surface area is 144 Å². The molecule has 3 aromatic rings. The van der Waals surface area contributed by atoms with E-state index in [1.807, 2.05) is 48.5 Å². The normalized spacial score (nSPS) is 17.8. The molecule has 1 saturated heterocycles. The fraction of sp³-hybridized carbons (Fsp3) is 0.263. The Morgan fingerprint density at radius 3 is 2.75 bits per heavy atom. The number of hydrogen-bond acceptors (Lipinski definition) is 5. The number of para-hydroxylation sites is 2. The minimum atomic E-state index is -0.146. The largest absolute Gasteiger partial charge is 0.426 e. The van der Waals surface area contributed by atoms with Crippen LogP contribution in [0.25, 0.3) is 10.2 Å². The highest BCUT2D eigenvalue weighted by Crippen LogP contribution is 2.31. The van der Waals surface area contributed by atoms with Crippen molar-refractivity contribution in [2.45, 2.75) is 12.8 Å². The highest BCUT2D eigenvalue weighted by atomic mass is 32.1. The first-order valence-corrected chi connectivity index (χ1v) is 8.98. The number of rotatable bonds is 3. The summed E-state index contributed by atoms with van der Waals surface area (Å²) in [7, 11) is 0. The molecule has 5 heteroatoms.